The third-order valence-corrected chi connectivity index (χ3v) is 3.33. The van der Waals surface area contributed by atoms with Crippen LogP contribution in [0.2, 0.25) is 0 Å². The van der Waals surface area contributed by atoms with Gasteiger partial charge in [-0.25, -0.2) is 0 Å². The molecule has 0 radical (unpaired) electrons. The van der Waals surface area contributed by atoms with Gasteiger partial charge >= 0.3 is 0 Å². The third kappa shape index (κ3) is 5.76. The van der Waals surface area contributed by atoms with E-state index in [2.05, 4.69) is 15.8 Å². The number of methoxy groups -OCH3 is 1. The van der Waals surface area contributed by atoms with Gasteiger partial charge < -0.3 is 19.9 Å². The fourth-order valence-electron chi connectivity index (χ4n) is 2.03. The van der Waals surface area contributed by atoms with Gasteiger partial charge in [0.2, 0.25) is 11.8 Å². The molecule has 0 aliphatic carbocycles. The standard InChI is InChI=1S/C17H19N3O5/c1-11-9-15(20-25-11)19-17(23)10-18-16(22)8-7-14(21)12-3-5-13(24-2)6-4-12/h3-6,9H,7-8,10H2,1-2H3,(H,18,22)(H,19,20,23). The molecule has 2 amide bonds. The van der Waals surface area contributed by atoms with Crippen LogP contribution in [0.3, 0.4) is 0 Å². The lowest BCUT2D eigenvalue weighted by atomic mass is 10.1. The summed E-state index contributed by atoms with van der Waals surface area (Å²) in [5, 5.41) is 8.55. The second kappa shape index (κ2) is 8.62. The molecule has 8 nitrogen and oxygen atoms in total. The van der Waals surface area contributed by atoms with Gasteiger partial charge in [0.1, 0.15) is 11.5 Å². The Labute approximate surface area is 144 Å². The molecule has 2 aromatic rings. The van der Waals surface area contributed by atoms with Crippen molar-refractivity contribution in [3.05, 3.63) is 41.7 Å². The minimum Gasteiger partial charge on any atom is -0.497 e. The van der Waals surface area contributed by atoms with E-state index in [9.17, 15) is 14.4 Å². The molecule has 0 atom stereocenters. The monoisotopic (exact) mass is 345 g/mol. The Morgan fingerprint density at radius 2 is 1.84 bits per heavy atom. The molecule has 0 fully saturated rings. The first kappa shape index (κ1) is 18.2. The topological polar surface area (TPSA) is 111 Å². The number of anilines is 1. The number of hydrogen-bond acceptors (Lipinski definition) is 6. The van der Waals surface area contributed by atoms with Gasteiger partial charge in [-0.1, -0.05) is 5.16 Å². The number of aromatic nitrogens is 1. The second-order valence-corrected chi connectivity index (χ2v) is 5.30. The van der Waals surface area contributed by atoms with Crippen LogP contribution >= 0.6 is 0 Å². The SMILES string of the molecule is COc1ccc(C(=O)CCC(=O)NCC(=O)Nc2cc(C)on2)cc1. The van der Waals surface area contributed by atoms with Crippen molar-refractivity contribution in [1.29, 1.82) is 0 Å². The summed E-state index contributed by atoms with van der Waals surface area (Å²) in [6.07, 6.45) is 0.0590. The zero-order valence-electron chi connectivity index (χ0n) is 14.0. The number of carbonyl (C=O) groups is 3. The van der Waals surface area contributed by atoms with E-state index in [-0.39, 0.29) is 36.9 Å². The number of ether oxygens (including phenoxy) is 1. The molecule has 132 valence electrons. The normalized spacial score (nSPS) is 10.2. The van der Waals surface area contributed by atoms with Crippen LogP contribution in [0, 0.1) is 6.92 Å². The number of nitrogens with one attached hydrogen (secondary N) is 2. The summed E-state index contributed by atoms with van der Waals surface area (Å²) >= 11 is 0. The molecule has 2 rings (SSSR count). The lowest BCUT2D eigenvalue weighted by Crippen LogP contribution is -2.33. The summed E-state index contributed by atoms with van der Waals surface area (Å²) in [5.41, 5.74) is 0.507. The lowest BCUT2D eigenvalue weighted by molar-refractivity contribution is -0.124. The predicted octanol–water partition coefficient (Wildman–Crippen LogP) is 1.71. The molecule has 0 saturated carbocycles. The summed E-state index contributed by atoms with van der Waals surface area (Å²) in [4.78, 5) is 35.4. The van der Waals surface area contributed by atoms with E-state index >= 15 is 0 Å². The summed E-state index contributed by atoms with van der Waals surface area (Å²) in [6, 6.07) is 8.22. The number of Topliss-reactive ketones (excluding diaryl/α,β-unsaturated/α-hetero) is 1. The van der Waals surface area contributed by atoms with E-state index in [1.807, 2.05) is 0 Å². The Balaban J connectivity index is 1.70. The Hall–Kier alpha value is -3.16. The van der Waals surface area contributed by atoms with Crippen molar-refractivity contribution in [2.24, 2.45) is 0 Å². The van der Waals surface area contributed by atoms with Crippen LogP contribution in [0.1, 0.15) is 29.0 Å². The Bertz CT molecular complexity index is 752. The largest absolute Gasteiger partial charge is 0.497 e. The van der Waals surface area contributed by atoms with Gasteiger partial charge in [-0.15, -0.1) is 0 Å². The van der Waals surface area contributed by atoms with Crippen LogP contribution in [0.15, 0.2) is 34.9 Å². The number of benzene rings is 1. The van der Waals surface area contributed by atoms with Gasteiger partial charge in [0.25, 0.3) is 0 Å². The zero-order valence-corrected chi connectivity index (χ0v) is 14.0. The average Bonchev–Trinajstić information content (AvgIpc) is 3.02. The van der Waals surface area contributed by atoms with Crippen LogP contribution < -0.4 is 15.4 Å². The maximum atomic E-state index is 12.0. The van der Waals surface area contributed by atoms with Gasteiger partial charge in [0.05, 0.1) is 13.7 Å². The minimum absolute atomic E-state index is 0.00120. The summed E-state index contributed by atoms with van der Waals surface area (Å²) in [6.45, 7) is 1.49. The average molecular weight is 345 g/mol. The molecule has 0 saturated heterocycles. The van der Waals surface area contributed by atoms with Crippen molar-refractivity contribution < 1.29 is 23.6 Å². The Morgan fingerprint density at radius 1 is 1.12 bits per heavy atom. The first-order valence-corrected chi connectivity index (χ1v) is 7.65. The van der Waals surface area contributed by atoms with Crippen molar-refractivity contribution >= 4 is 23.4 Å². The number of ketones is 1. The molecule has 1 aromatic carbocycles. The number of nitrogens with zero attached hydrogens (tertiary/aromatic N) is 1. The fourth-order valence-corrected chi connectivity index (χ4v) is 2.03. The lowest BCUT2D eigenvalue weighted by Gasteiger charge is -2.05. The van der Waals surface area contributed by atoms with Crippen molar-refractivity contribution in [3.63, 3.8) is 0 Å². The number of amides is 2. The Morgan fingerprint density at radius 3 is 2.44 bits per heavy atom. The molecular formula is C17H19N3O5. The quantitative estimate of drug-likeness (QED) is 0.705. The first-order valence-electron chi connectivity index (χ1n) is 7.65. The molecule has 0 spiro atoms. The van der Waals surface area contributed by atoms with Crippen molar-refractivity contribution in [2.75, 3.05) is 19.0 Å². The number of hydrogen-bond donors (Lipinski definition) is 2. The van der Waals surface area contributed by atoms with E-state index < -0.39 is 5.91 Å². The third-order valence-electron chi connectivity index (χ3n) is 3.33. The van der Waals surface area contributed by atoms with E-state index in [0.29, 0.717) is 17.1 Å². The first-order chi connectivity index (χ1) is 12.0. The molecule has 1 aromatic heterocycles. The van der Waals surface area contributed by atoms with E-state index in [1.165, 1.54) is 0 Å². The summed E-state index contributed by atoms with van der Waals surface area (Å²) in [7, 11) is 1.54. The van der Waals surface area contributed by atoms with Crippen molar-refractivity contribution in [2.45, 2.75) is 19.8 Å². The van der Waals surface area contributed by atoms with Gasteiger partial charge in [-0.2, -0.15) is 0 Å². The van der Waals surface area contributed by atoms with E-state index in [0.717, 1.165) is 0 Å². The Kier molecular flexibility index (Phi) is 6.27. The molecule has 25 heavy (non-hydrogen) atoms. The fraction of sp³-hybridized carbons (Fsp3) is 0.294. The summed E-state index contributed by atoms with van der Waals surface area (Å²) in [5.74, 6) is 0.544. The van der Waals surface area contributed by atoms with Gasteiger partial charge in [-0.05, 0) is 31.2 Å². The predicted molar refractivity (Wildman–Crippen MR) is 89.4 cm³/mol. The number of carbonyl (C=O) groups excluding carboxylic acids is 3. The molecule has 0 unspecified atom stereocenters. The molecule has 1 heterocycles. The highest BCUT2D eigenvalue weighted by molar-refractivity contribution is 5.98. The highest BCUT2D eigenvalue weighted by atomic mass is 16.5. The van der Waals surface area contributed by atoms with Gasteiger partial charge in [-0.3, -0.25) is 14.4 Å². The van der Waals surface area contributed by atoms with Crippen LogP contribution in [0.4, 0.5) is 5.82 Å². The zero-order chi connectivity index (χ0) is 18.2. The smallest absolute Gasteiger partial charge is 0.245 e. The highest BCUT2D eigenvalue weighted by Gasteiger charge is 2.11. The van der Waals surface area contributed by atoms with E-state index in [1.54, 1.807) is 44.4 Å². The van der Waals surface area contributed by atoms with Gasteiger partial charge in [0.15, 0.2) is 11.6 Å². The molecule has 0 aliphatic heterocycles. The maximum Gasteiger partial charge on any atom is 0.245 e. The number of rotatable bonds is 8. The van der Waals surface area contributed by atoms with Crippen LogP contribution in [0.5, 0.6) is 5.75 Å². The molecule has 8 heteroatoms. The minimum atomic E-state index is -0.428. The summed E-state index contributed by atoms with van der Waals surface area (Å²) < 4.78 is 9.84. The highest BCUT2D eigenvalue weighted by Crippen LogP contribution is 2.13. The maximum absolute atomic E-state index is 12.0. The molecule has 0 aliphatic rings. The molecular weight excluding hydrogens is 326 g/mol. The van der Waals surface area contributed by atoms with Crippen LogP contribution in [-0.2, 0) is 9.59 Å². The number of aryl methyl sites for hydroxylation is 1. The molecule has 2 N–H and O–H groups in total. The van der Waals surface area contributed by atoms with E-state index in [4.69, 9.17) is 9.26 Å². The van der Waals surface area contributed by atoms with Crippen LogP contribution in [0.25, 0.3) is 0 Å². The van der Waals surface area contributed by atoms with Crippen molar-refractivity contribution in [1.82, 2.24) is 10.5 Å². The van der Waals surface area contributed by atoms with Gasteiger partial charge in [0, 0.05) is 24.5 Å². The second-order valence-electron chi connectivity index (χ2n) is 5.30. The van der Waals surface area contributed by atoms with Crippen LogP contribution in [-0.4, -0.2) is 36.4 Å². The van der Waals surface area contributed by atoms with Crippen molar-refractivity contribution in [3.8, 4) is 5.75 Å². The molecule has 0 bridgehead atoms.